The Morgan fingerprint density at radius 1 is 0.476 bits per heavy atom. The third kappa shape index (κ3) is 4.29. The van der Waals surface area contributed by atoms with Crippen LogP contribution in [0.4, 0.5) is 0 Å². The zero-order chi connectivity index (χ0) is 27.9. The molecule has 0 aliphatic heterocycles. The van der Waals surface area contributed by atoms with Crippen molar-refractivity contribution in [2.45, 2.75) is 12.8 Å². The van der Waals surface area contributed by atoms with E-state index in [-0.39, 0.29) is 0 Å². The van der Waals surface area contributed by atoms with Crippen molar-refractivity contribution in [1.82, 2.24) is 9.97 Å². The highest BCUT2D eigenvalue weighted by molar-refractivity contribution is 6.25. The predicted octanol–water partition coefficient (Wildman–Crippen LogP) is 10.5. The summed E-state index contributed by atoms with van der Waals surface area (Å²) in [5.41, 5.74) is 8.12. The number of benzene rings is 6. The summed E-state index contributed by atoms with van der Waals surface area (Å²) in [7, 11) is 0. The number of hydrogen-bond acceptors (Lipinski definition) is 2. The van der Waals surface area contributed by atoms with Crippen molar-refractivity contribution in [2.24, 2.45) is 0 Å². The zero-order valence-electron chi connectivity index (χ0n) is 23.2. The Hall–Kier alpha value is -5.34. The topological polar surface area (TPSA) is 25.8 Å². The van der Waals surface area contributed by atoms with Gasteiger partial charge in [-0.05, 0) is 97.3 Å². The summed E-state index contributed by atoms with van der Waals surface area (Å²) < 4.78 is 0. The minimum absolute atomic E-state index is 0.753. The Morgan fingerprint density at radius 2 is 1.10 bits per heavy atom. The number of fused-ring (bicyclic) bond motifs is 6. The van der Waals surface area contributed by atoms with E-state index in [9.17, 15) is 0 Å². The minimum Gasteiger partial charge on any atom is -0.237 e. The number of allylic oxidation sites excluding steroid dienone is 4. The smallest absolute Gasteiger partial charge is 0.159 e. The first-order chi connectivity index (χ1) is 20.8. The van der Waals surface area contributed by atoms with Crippen LogP contribution in [0.3, 0.4) is 0 Å². The van der Waals surface area contributed by atoms with Gasteiger partial charge in [0.25, 0.3) is 0 Å². The fourth-order valence-corrected chi connectivity index (χ4v) is 6.34. The van der Waals surface area contributed by atoms with Gasteiger partial charge in [-0.25, -0.2) is 9.97 Å². The van der Waals surface area contributed by atoms with Gasteiger partial charge >= 0.3 is 0 Å². The lowest BCUT2D eigenvalue weighted by Gasteiger charge is -2.15. The molecule has 1 aliphatic carbocycles. The molecular weight excluding hydrogens is 508 g/mol. The summed E-state index contributed by atoms with van der Waals surface area (Å²) in [4.78, 5) is 9.74. The van der Waals surface area contributed by atoms with Gasteiger partial charge in [0, 0.05) is 11.8 Å². The molecule has 42 heavy (non-hydrogen) atoms. The number of hydrogen-bond donors (Lipinski definition) is 0. The van der Waals surface area contributed by atoms with Crippen LogP contribution in [-0.2, 0) is 0 Å². The minimum atomic E-state index is 0.753. The normalized spacial score (nSPS) is 13.3. The maximum absolute atomic E-state index is 5.05. The second kappa shape index (κ2) is 10.2. The Bertz CT molecular complexity index is 2150. The fraction of sp³-hybridized carbons (Fsp3) is 0.0500. The molecule has 0 atom stereocenters. The van der Waals surface area contributed by atoms with Gasteiger partial charge in [0.2, 0.25) is 0 Å². The van der Waals surface area contributed by atoms with Crippen molar-refractivity contribution in [3.63, 3.8) is 0 Å². The molecule has 0 amide bonds. The Kier molecular flexibility index (Phi) is 5.97. The summed E-state index contributed by atoms with van der Waals surface area (Å²) in [6, 6.07) is 45.5. The average Bonchev–Trinajstić information content (AvgIpc) is 3.09. The van der Waals surface area contributed by atoms with E-state index in [0.717, 1.165) is 35.5 Å². The molecule has 1 aromatic heterocycles. The lowest BCUT2D eigenvalue weighted by atomic mass is 9.92. The Labute approximate surface area is 245 Å². The quantitative estimate of drug-likeness (QED) is 0.209. The summed E-state index contributed by atoms with van der Waals surface area (Å²) >= 11 is 0. The molecule has 198 valence electrons. The molecule has 8 rings (SSSR count). The number of aromatic nitrogens is 2. The fourth-order valence-electron chi connectivity index (χ4n) is 6.34. The van der Waals surface area contributed by atoms with Crippen LogP contribution >= 0.6 is 0 Å². The molecule has 0 bridgehead atoms. The molecular formula is C40H28N2. The van der Waals surface area contributed by atoms with Gasteiger partial charge in [-0.1, -0.05) is 115 Å². The zero-order valence-corrected chi connectivity index (χ0v) is 23.2. The van der Waals surface area contributed by atoms with Gasteiger partial charge in [0.1, 0.15) is 0 Å². The van der Waals surface area contributed by atoms with Gasteiger partial charge in [0.15, 0.2) is 5.82 Å². The van der Waals surface area contributed by atoms with E-state index in [1.807, 2.05) is 12.3 Å². The highest BCUT2D eigenvalue weighted by Crippen LogP contribution is 2.37. The molecule has 0 fully saturated rings. The highest BCUT2D eigenvalue weighted by atomic mass is 14.9. The third-order valence-corrected chi connectivity index (χ3v) is 8.40. The van der Waals surface area contributed by atoms with Crippen LogP contribution in [0.25, 0.3) is 66.0 Å². The summed E-state index contributed by atoms with van der Waals surface area (Å²) in [5, 5.41) is 7.72. The molecule has 2 nitrogen and oxygen atoms in total. The van der Waals surface area contributed by atoms with Gasteiger partial charge in [0.05, 0.1) is 5.69 Å². The third-order valence-electron chi connectivity index (χ3n) is 8.40. The molecule has 0 saturated carbocycles. The van der Waals surface area contributed by atoms with Crippen molar-refractivity contribution in [3.8, 4) is 22.5 Å². The molecule has 0 saturated heterocycles. The van der Waals surface area contributed by atoms with Crippen LogP contribution in [0, 0.1) is 0 Å². The first-order valence-electron chi connectivity index (χ1n) is 14.6. The van der Waals surface area contributed by atoms with Gasteiger partial charge in [-0.15, -0.1) is 0 Å². The van der Waals surface area contributed by atoms with Crippen molar-refractivity contribution >= 4 is 43.5 Å². The van der Waals surface area contributed by atoms with Crippen LogP contribution in [0.1, 0.15) is 24.1 Å². The van der Waals surface area contributed by atoms with Crippen LogP contribution < -0.4 is 0 Å². The molecule has 0 N–H and O–H groups in total. The van der Waals surface area contributed by atoms with E-state index in [0.29, 0.717) is 0 Å². The summed E-state index contributed by atoms with van der Waals surface area (Å²) in [6.45, 7) is 0. The molecule has 0 unspecified atom stereocenters. The van der Waals surface area contributed by atoms with Crippen molar-refractivity contribution < 1.29 is 0 Å². The van der Waals surface area contributed by atoms with E-state index >= 15 is 0 Å². The van der Waals surface area contributed by atoms with Gasteiger partial charge < -0.3 is 0 Å². The molecule has 0 spiro atoms. The van der Waals surface area contributed by atoms with Gasteiger partial charge in [-0.2, -0.15) is 0 Å². The SMILES string of the molecule is C1=C(c2ccccc2)C=C(c2ccnc(-c3cccc(-c4ccc5c6ccccc6c6ccccc6c5c4)c3)n2)CC1. The van der Waals surface area contributed by atoms with Crippen LogP contribution in [0.5, 0.6) is 0 Å². The van der Waals surface area contributed by atoms with Crippen molar-refractivity contribution in [2.75, 3.05) is 0 Å². The predicted molar refractivity (Wildman–Crippen MR) is 177 cm³/mol. The van der Waals surface area contributed by atoms with E-state index in [1.54, 1.807) is 0 Å². The molecule has 0 radical (unpaired) electrons. The van der Waals surface area contributed by atoms with E-state index < -0.39 is 0 Å². The average molecular weight is 537 g/mol. The van der Waals surface area contributed by atoms with Gasteiger partial charge in [-0.3, -0.25) is 0 Å². The first-order valence-corrected chi connectivity index (χ1v) is 14.6. The van der Waals surface area contributed by atoms with E-state index in [1.165, 1.54) is 54.6 Å². The van der Waals surface area contributed by atoms with Crippen molar-refractivity contribution in [3.05, 3.63) is 157 Å². The Morgan fingerprint density at radius 3 is 1.86 bits per heavy atom. The van der Waals surface area contributed by atoms with E-state index in [4.69, 9.17) is 4.98 Å². The first kappa shape index (κ1) is 24.5. The van der Waals surface area contributed by atoms with E-state index in [2.05, 4.69) is 138 Å². The molecule has 1 aliphatic rings. The second-order valence-corrected chi connectivity index (χ2v) is 10.9. The van der Waals surface area contributed by atoms with Crippen molar-refractivity contribution in [1.29, 1.82) is 0 Å². The maximum Gasteiger partial charge on any atom is 0.159 e. The lowest BCUT2D eigenvalue weighted by Crippen LogP contribution is -1.98. The monoisotopic (exact) mass is 536 g/mol. The standard InChI is InChI=1S/C40H28N2/c1-2-10-27(11-3-1)28-12-8-14-31(24-28)39-22-23-41-40(42-39)32-15-9-13-29(25-32)30-20-21-37-35-18-5-4-16-33(35)34-17-6-7-19-36(34)38(37)26-30/h1-7,9-13,15-26H,8,14H2. The molecule has 1 heterocycles. The highest BCUT2D eigenvalue weighted by Gasteiger charge is 2.13. The molecule has 7 aromatic rings. The Balaban J connectivity index is 1.19. The van der Waals surface area contributed by atoms with Crippen LogP contribution in [0.2, 0.25) is 0 Å². The lowest BCUT2D eigenvalue weighted by molar-refractivity contribution is 1.03. The second-order valence-electron chi connectivity index (χ2n) is 10.9. The van der Waals surface area contributed by atoms with Crippen LogP contribution in [-0.4, -0.2) is 9.97 Å². The molecule has 6 aromatic carbocycles. The molecule has 2 heteroatoms. The summed E-state index contributed by atoms with van der Waals surface area (Å²) in [5.74, 6) is 0.753. The maximum atomic E-state index is 5.05. The number of nitrogens with zero attached hydrogens (tertiary/aromatic N) is 2. The largest absolute Gasteiger partial charge is 0.237 e. The number of rotatable bonds is 4. The summed E-state index contributed by atoms with van der Waals surface area (Å²) in [6.07, 6.45) is 8.48. The van der Waals surface area contributed by atoms with Crippen LogP contribution in [0.15, 0.2) is 146 Å².